The van der Waals surface area contributed by atoms with Crippen LogP contribution >= 0.6 is 24.0 Å². The van der Waals surface area contributed by atoms with E-state index in [-0.39, 0.29) is 30.0 Å². The van der Waals surface area contributed by atoms with Crippen LogP contribution in [-0.4, -0.2) is 88.4 Å². The van der Waals surface area contributed by atoms with Gasteiger partial charge in [-0.05, 0) is 56.5 Å². The number of ether oxygens (including phenoxy) is 2. The molecule has 2 atom stereocenters. The molecular weight excluding hydrogens is 517 g/mol. The first-order chi connectivity index (χ1) is 15.2. The van der Waals surface area contributed by atoms with Crippen molar-refractivity contribution in [3.63, 3.8) is 0 Å². The van der Waals surface area contributed by atoms with Crippen molar-refractivity contribution in [3.05, 3.63) is 29.8 Å². The number of hydrogen-bond donors (Lipinski definition) is 2. The van der Waals surface area contributed by atoms with Gasteiger partial charge in [0.05, 0.1) is 26.4 Å². The van der Waals surface area contributed by atoms with E-state index in [2.05, 4.69) is 46.4 Å². The fourth-order valence-corrected chi connectivity index (χ4v) is 4.42. The molecule has 8 heteroatoms. The predicted octanol–water partition coefficient (Wildman–Crippen LogP) is 2.97. The van der Waals surface area contributed by atoms with E-state index >= 15 is 0 Å². The summed E-state index contributed by atoms with van der Waals surface area (Å²) in [6.07, 6.45) is 2.68. The summed E-state index contributed by atoms with van der Waals surface area (Å²) in [4.78, 5) is 9.96. The summed E-state index contributed by atoms with van der Waals surface area (Å²) >= 11 is 0. The van der Waals surface area contributed by atoms with E-state index in [1.54, 1.807) is 7.11 Å². The molecule has 3 rings (SSSR count). The molecule has 2 heterocycles. The maximum Gasteiger partial charge on any atom is 0.191 e. The fourth-order valence-electron chi connectivity index (χ4n) is 4.42. The Labute approximate surface area is 211 Å². The lowest BCUT2D eigenvalue weighted by molar-refractivity contribution is 0.0170. The van der Waals surface area contributed by atoms with Gasteiger partial charge in [-0.2, -0.15) is 0 Å². The molecule has 0 aliphatic carbocycles. The van der Waals surface area contributed by atoms with Crippen LogP contribution < -0.4 is 15.4 Å². The van der Waals surface area contributed by atoms with Crippen molar-refractivity contribution in [2.45, 2.75) is 32.7 Å². The average molecular weight is 560 g/mol. The average Bonchev–Trinajstić information content (AvgIpc) is 3.31. The monoisotopic (exact) mass is 559 g/mol. The summed E-state index contributed by atoms with van der Waals surface area (Å²) in [6.45, 7) is 14.0. The number of nitrogens with zero attached hydrogens (tertiary/aromatic N) is 3. The van der Waals surface area contributed by atoms with E-state index in [9.17, 15) is 0 Å². The van der Waals surface area contributed by atoms with Crippen LogP contribution in [0.25, 0.3) is 0 Å². The number of likely N-dealkylation sites (tertiary alicyclic amines) is 1. The molecule has 182 valence electrons. The van der Waals surface area contributed by atoms with Crippen LogP contribution in [0, 0.1) is 5.92 Å². The van der Waals surface area contributed by atoms with Crippen molar-refractivity contribution in [2.24, 2.45) is 10.9 Å². The van der Waals surface area contributed by atoms with E-state index in [4.69, 9.17) is 14.5 Å². The second-order valence-corrected chi connectivity index (χ2v) is 8.65. The zero-order chi connectivity index (χ0) is 21.9. The van der Waals surface area contributed by atoms with Gasteiger partial charge in [0.1, 0.15) is 5.75 Å². The molecule has 0 saturated carbocycles. The number of hydrogen-bond acceptors (Lipinski definition) is 5. The van der Waals surface area contributed by atoms with Crippen LogP contribution in [-0.2, 0) is 4.74 Å². The highest BCUT2D eigenvalue weighted by molar-refractivity contribution is 14.0. The molecule has 2 aliphatic rings. The molecule has 0 amide bonds. The van der Waals surface area contributed by atoms with Gasteiger partial charge in [0.2, 0.25) is 0 Å². The minimum Gasteiger partial charge on any atom is -0.497 e. The molecule has 2 saturated heterocycles. The zero-order valence-electron chi connectivity index (χ0n) is 20.0. The number of nitrogens with one attached hydrogen (secondary N) is 2. The third-order valence-corrected chi connectivity index (χ3v) is 6.12. The largest absolute Gasteiger partial charge is 0.497 e. The highest BCUT2D eigenvalue weighted by Crippen LogP contribution is 2.23. The lowest BCUT2D eigenvalue weighted by Crippen LogP contribution is -2.46. The van der Waals surface area contributed by atoms with E-state index in [0.29, 0.717) is 5.92 Å². The summed E-state index contributed by atoms with van der Waals surface area (Å²) in [5.41, 5.74) is 1.29. The summed E-state index contributed by atoms with van der Waals surface area (Å²) < 4.78 is 10.9. The van der Waals surface area contributed by atoms with Gasteiger partial charge in [0.25, 0.3) is 0 Å². The minimum atomic E-state index is 0. The van der Waals surface area contributed by atoms with Crippen LogP contribution in [0.5, 0.6) is 5.75 Å². The highest BCUT2D eigenvalue weighted by atomic mass is 127. The Balaban J connectivity index is 0.00000363. The number of guanidine groups is 1. The predicted molar refractivity (Wildman–Crippen MR) is 142 cm³/mol. The second kappa shape index (κ2) is 14.9. The van der Waals surface area contributed by atoms with Crippen molar-refractivity contribution < 1.29 is 9.47 Å². The van der Waals surface area contributed by atoms with E-state index in [1.807, 2.05) is 12.1 Å². The molecule has 7 nitrogen and oxygen atoms in total. The van der Waals surface area contributed by atoms with Crippen molar-refractivity contribution >= 4 is 29.9 Å². The molecule has 2 N–H and O–H groups in total. The normalized spacial score (nSPS) is 19.8. The topological polar surface area (TPSA) is 61.4 Å². The van der Waals surface area contributed by atoms with E-state index in [0.717, 1.165) is 64.2 Å². The minimum absolute atomic E-state index is 0. The van der Waals surface area contributed by atoms with Gasteiger partial charge in [-0.3, -0.25) is 9.89 Å². The van der Waals surface area contributed by atoms with Crippen LogP contribution in [0.2, 0.25) is 0 Å². The van der Waals surface area contributed by atoms with E-state index in [1.165, 1.54) is 31.5 Å². The SMILES string of the molecule is CCNC(=NCC(C)CN1CCCC1)NCC(c1ccc(OC)cc1)N1CCOCC1.I. The Bertz CT molecular complexity index is 661. The lowest BCUT2D eigenvalue weighted by atomic mass is 10.0. The van der Waals surface area contributed by atoms with Gasteiger partial charge < -0.3 is 25.0 Å². The smallest absolute Gasteiger partial charge is 0.191 e. The van der Waals surface area contributed by atoms with Crippen LogP contribution in [0.15, 0.2) is 29.3 Å². The number of morpholine rings is 1. The lowest BCUT2D eigenvalue weighted by Gasteiger charge is -2.35. The molecule has 1 aromatic carbocycles. The fraction of sp³-hybridized carbons (Fsp3) is 0.708. The molecule has 0 bridgehead atoms. The van der Waals surface area contributed by atoms with Crippen LogP contribution in [0.3, 0.4) is 0 Å². The first-order valence-corrected chi connectivity index (χ1v) is 11.9. The molecule has 0 spiro atoms. The van der Waals surface area contributed by atoms with Crippen molar-refractivity contribution in [1.29, 1.82) is 0 Å². The Morgan fingerprint density at radius 1 is 1.09 bits per heavy atom. The second-order valence-electron chi connectivity index (χ2n) is 8.65. The summed E-state index contributed by atoms with van der Waals surface area (Å²) in [5.74, 6) is 2.35. The third-order valence-electron chi connectivity index (χ3n) is 6.12. The first-order valence-electron chi connectivity index (χ1n) is 11.9. The number of halogens is 1. The summed E-state index contributed by atoms with van der Waals surface area (Å²) in [5, 5.41) is 7.03. The van der Waals surface area contributed by atoms with Crippen molar-refractivity contribution in [3.8, 4) is 5.75 Å². The molecule has 0 aromatic heterocycles. The first kappa shape index (κ1) is 27.1. The molecular formula is C24H42IN5O2. The Kier molecular flexibility index (Phi) is 12.7. The van der Waals surface area contributed by atoms with Gasteiger partial charge in [0, 0.05) is 39.3 Å². The third kappa shape index (κ3) is 8.68. The summed E-state index contributed by atoms with van der Waals surface area (Å²) in [6, 6.07) is 8.69. The zero-order valence-corrected chi connectivity index (χ0v) is 22.3. The van der Waals surface area contributed by atoms with Crippen molar-refractivity contribution in [2.75, 3.05) is 72.7 Å². The Morgan fingerprint density at radius 2 is 1.78 bits per heavy atom. The number of methoxy groups -OCH3 is 1. The molecule has 1 aromatic rings. The standard InChI is InChI=1S/C24H41N5O2.HI/c1-4-25-24(26-17-20(2)19-28-11-5-6-12-28)27-18-23(29-13-15-31-16-14-29)21-7-9-22(30-3)10-8-21;/h7-10,20,23H,4-6,11-19H2,1-3H3,(H2,25,26,27);1H. The summed E-state index contributed by atoms with van der Waals surface area (Å²) in [7, 11) is 1.71. The Morgan fingerprint density at radius 3 is 2.41 bits per heavy atom. The Hall–Kier alpha value is -1.10. The van der Waals surface area contributed by atoms with E-state index < -0.39 is 0 Å². The van der Waals surface area contributed by atoms with Gasteiger partial charge in [-0.25, -0.2) is 0 Å². The van der Waals surface area contributed by atoms with Crippen LogP contribution in [0.4, 0.5) is 0 Å². The number of aliphatic imine (C=N–C) groups is 1. The number of benzene rings is 1. The maximum absolute atomic E-state index is 5.58. The van der Waals surface area contributed by atoms with Crippen molar-refractivity contribution in [1.82, 2.24) is 20.4 Å². The molecule has 2 unspecified atom stereocenters. The highest BCUT2D eigenvalue weighted by Gasteiger charge is 2.23. The quantitative estimate of drug-likeness (QED) is 0.261. The van der Waals surface area contributed by atoms with Gasteiger partial charge in [-0.1, -0.05) is 19.1 Å². The van der Waals surface area contributed by atoms with Gasteiger partial charge in [0.15, 0.2) is 5.96 Å². The molecule has 32 heavy (non-hydrogen) atoms. The van der Waals surface area contributed by atoms with Gasteiger partial charge in [-0.15, -0.1) is 24.0 Å². The maximum atomic E-state index is 5.58. The number of rotatable bonds is 10. The van der Waals surface area contributed by atoms with Crippen LogP contribution in [0.1, 0.15) is 38.3 Å². The molecule has 2 fully saturated rings. The molecule has 0 radical (unpaired) electrons. The van der Waals surface area contributed by atoms with Gasteiger partial charge >= 0.3 is 0 Å². The molecule has 2 aliphatic heterocycles.